The average molecular weight is 505 g/mol. The zero-order chi connectivity index (χ0) is 23.6. The molecule has 0 radical (unpaired) electrons. The van der Waals surface area contributed by atoms with Crippen LogP contribution in [0.5, 0.6) is 5.75 Å². The number of thiazole rings is 2. The van der Waals surface area contributed by atoms with Crippen molar-refractivity contribution < 1.29 is 14.3 Å². The van der Waals surface area contributed by atoms with E-state index in [2.05, 4.69) is 20.2 Å². The number of carbonyl (C=O) groups excluding carboxylic acids is 1. The Bertz CT molecular complexity index is 1510. The van der Waals surface area contributed by atoms with Gasteiger partial charge in [0.25, 0.3) is 5.91 Å². The molecule has 1 saturated heterocycles. The number of ether oxygens (including phenoxy) is 2. The Hall–Kier alpha value is -3.11. The minimum atomic E-state index is -0.229. The van der Waals surface area contributed by atoms with Crippen LogP contribution in [0.3, 0.4) is 0 Å². The van der Waals surface area contributed by atoms with Crippen molar-refractivity contribution in [3.05, 3.63) is 59.6 Å². The van der Waals surface area contributed by atoms with Crippen LogP contribution in [0.15, 0.2) is 54.0 Å². The summed E-state index contributed by atoms with van der Waals surface area (Å²) in [7, 11) is 0. The number of benzene rings is 3. The molecule has 0 bridgehead atoms. The monoisotopic (exact) mass is 504 g/mol. The minimum Gasteiger partial charge on any atom is -0.493 e. The maximum Gasteiger partial charge on any atom is 0.261 e. The first-order chi connectivity index (χ1) is 17.2. The molecule has 3 aromatic carbocycles. The summed E-state index contributed by atoms with van der Waals surface area (Å²) in [6.07, 6.45) is 0.884. The Morgan fingerprint density at radius 3 is 2.80 bits per heavy atom. The van der Waals surface area contributed by atoms with Gasteiger partial charge in [-0.2, -0.15) is 0 Å². The SMILES string of the molecule is O=C(Nc1nc2ccc3scnc3c2s1)c1cc2ccccc2cc1OCCCN1CCOCC1. The van der Waals surface area contributed by atoms with Gasteiger partial charge < -0.3 is 9.47 Å². The predicted molar refractivity (Wildman–Crippen MR) is 142 cm³/mol. The number of hydrogen-bond donors (Lipinski definition) is 1. The van der Waals surface area contributed by atoms with Gasteiger partial charge in [0.05, 0.1) is 45.8 Å². The van der Waals surface area contributed by atoms with Gasteiger partial charge in [0.1, 0.15) is 11.3 Å². The highest BCUT2D eigenvalue weighted by molar-refractivity contribution is 7.24. The van der Waals surface area contributed by atoms with Crippen LogP contribution in [0, 0.1) is 0 Å². The molecule has 7 nitrogen and oxygen atoms in total. The summed E-state index contributed by atoms with van der Waals surface area (Å²) in [6.45, 7) is 4.98. The number of nitrogens with zero attached hydrogens (tertiary/aromatic N) is 3. The number of anilines is 1. The van der Waals surface area contributed by atoms with Crippen LogP contribution in [0.4, 0.5) is 5.13 Å². The van der Waals surface area contributed by atoms with Gasteiger partial charge in [-0.25, -0.2) is 9.97 Å². The first kappa shape index (κ1) is 22.4. The predicted octanol–water partition coefficient (Wildman–Crippen LogP) is 5.41. The molecule has 0 spiro atoms. The van der Waals surface area contributed by atoms with E-state index in [0.717, 1.165) is 70.5 Å². The second-order valence-electron chi connectivity index (χ2n) is 8.44. The van der Waals surface area contributed by atoms with Gasteiger partial charge in [-0.1, -0.05) is 35.6 Å². The fourth-order valence-corrected chi connectivity index (χ4v) is 6.05. The lowest BCUT2D eigenvalue weighted by Crippen LogP contribution is -2.37. The fourth-order valence-electron chi connectivity index (χ4n) is 4.34. The lowest BCUT2D eigenvalue weighted by atomic mass is 10.1. The number of rotatable bonds is 7. The van der Waals surface area contributed by atoms with Crippen molar-refractivity contribution in [1.82, 2.24) is 14.9 Å². The third kappa shape index (κ3) is 4.72. The second-order valence-corrected chi connectivity index (χ2v) is 10.3. The van der Waals surface area contributed by atoms with E-state index in [1.54, 1.807) is 11.3 Å². The molecule has 3 heterocycles. The number of fused-ring (bicyclic) bond motifs is 4. The summed E-state index contributed by atoms with van der Waals surface area (Å²) in [4.78, 5) is 24.9. The Balaban J connectivity index is 1.23. The molecule has 1 aliphatic heterocycles. The van der Waals surface area contributed by atoms with Crippen molar-refractivity contribution in [2.45, 2.75) is 6.42 Å². The van der Waals surface area contributed by atoms with Crippen LogP contribution in [-0.4, -0.2) is 60.2 Å². The first-order valence-electron chi connectivity index (χ1n) is 11.6. The van der Waals surface area contributed by atoms with E-state index in [4.69, 9.17) is 9.47 Å². The molecule has 1 amide bonds. The molecule has 6 rings (SSSR count). The second kappa shape index (κ2) is 9.87. The van der Waals surface area contributed by atoms with Crippen molar-refractivity contribution in [2.24, 2.45) is 0 Å². The fraction of sp³-hybridized carbons (Fsp3) is 0.269. The molecule has 1 fully saturated rings. The highest BCUT2D eigenvalue weighted by Gasteiger charge is 2.18. The van der Waals surface area contributed by atoms with Crippen LogP contribution >= 0.6 is 22.7 Å². The van der Waals surface area contributed by atoms with Crippen molar-refractivity contribution in [3.8, 4) is 5.75 Å². The molecular formula is C26H24N4O3S2. The summed E-state index contributed by atoms with van der Waals surface area (Å²) in [5, 5.41) is 5.58. The van der Waals surface area contributed by atoms with E-state index in [0.29, 0.717) is 23.1 Å². The number of carbonyl (C=O) groups is 1. The Labute approximate surface area is 210 Å². The van der Waals surface area contributed by atoms with Crippen molar-refractivity contribution in [1.29, 1.82) is 0 Å². The van der Waals surface area contributed by atoms with Gasteiger partial charge in [-0.15, -0.1) is 11.3 Å². The lowest BCUT2D eigenvalue weighted by molar-refractivity contribution is 0.0358. The third-order valence-corrected chi connectivity index (χ3v) is 7.94. The van der Waals surface area contributed by atoms with E-state index >= 15 is 0 Å². The molecule has 5 aromatic rings. The van der Waals surface area contributed by atoms with E-state index in [9.17, 15) is 4.79 Å². The molecular weight excluding hydrogens is 480 g/mol. The summed E-state index contributed by atoms with van der Waals surface area (Å²) >= 11 is 3.04. The summed E-state index contributed by atoms with van der Waals surface area (Å²) in [5.74, 6) is 0.360. The molecule has 35 heavy (non-hydrogen) atoms. The van der Waals surface area contributed by atoms with E-state index < -0.39 is 0 Å². The summed E-state index contributed by atoms with van der Waals surface area (Å²) in [6, 6.07) is 15.8. The maximum absolute atomic E-state index is 13.4. The smallest absolute Gasteiger partial charge is 0.261 e. The zero-order valence-corrected chi connectivity index (χ0v) is 20.7. The van der Waals surface area contributed by atoms with Crippen molar-refractivity contribution in [3.63, 3.8) is 0 Å². The lowest BCUT2D eigenvalue weighted by Gasteiger charge is -2.26. The quantitative estimate of drug-likeness (QED) is 0.299. The van der Waals surface area contributed by atoms with Gasteiger partial charge in [0, 0.05) is 19.6 Å². The molecule has 0 saturated carbocycles. The minimum absolute atomic E-state index is 0.229. The summed E-state index contributed by atoms with van der Waals surface area (Å²) < 4.78 is 13.7. The van der Waals surface area contributed by atoms with Crippen LogP contribution < -0.4 is 10.1 Å². The number of aromatic nitrogens is 2. The van der Waals surface area contributed by atoms with E-state index in [1.165, 1.54) is 11.3 Å². The molecule has 0 atom stereocenters. The Morgan fingerprint density at radius 2 is 1.94 bits per heavy atom. The molecule has 2 aromatic heterocycles. The average Bonchev–Trinajstić information content (AvgIpc) is 3.53. The number of nitrogens with one attached hydrogen (secondary N) is 1. The normalized spacial score (nSPS) is 14.6. The van der Waals surface area contributed by atoms with Gasteiger partial charge in [-0.05, 0) is 41.5 Å². The molecule has 1 aliphatic rings. The topological polar surface area (TPSA) is 76.6 Å². The molecule has 0 aliphatic carbocycles. The third-order valence-electron chi connectivity index (χ3n) is 6.15. The number of hydrogen-bond acceptors (Lipinski definition) is 8. The van der Waals surface area contributed by atoms with Gasteiger partial charge >= 0.3 is 0 Å². The Kier molecular flexibility index (Phi) is 6.30. The van der Waals surface area contributed by atoms with Crippen LogP contribution in [0.1, 0.15) is 16.8 Å². The van der Waals surface area contributed by atoms with E-state index in [-0.39, 0.29) is 5.91 Å². The Morgan fingerprint density at radius 1 is 1.11 bits per heavy atom. The zero-order valence-electron chi connectivity index (χ0n) is 19.0. The first-order valence-corrected chi connectivity index (χ1v) is 13.3. The van der Waals surface area contributed by atoms with Crippen molar-refractivity contribution in [2.75, 3.05) is 44.8 Å². The number of amides is 1. The highest BCUT2D eigenvalue weighted by atomic mass is 32.1. The standard InChI is InChI=1S/C26H24N4O3S2/c31-25(29-26-28-20-6-7-22-23(24(20)35-26)27-16-34-22)19-14-17-4-1-2-5-18(17)15-21(19)33-11-3-8-30-9-12-32-13-10-30/h1-2,4-7,14-16H,3,8-13H2,(H,28,29,31). The van der Waals surface area contributed by atoms with Gasteiger partial charge in [-0.3, -0.25) is 15.0 Å². The van der Waals surface area contributed by atoms with Crippen LogP contribution in [0.2, 0.25) is 0 Å². The highest BCUT2D eigenvalue weighted by Crippen LogP contribution is 2.34. The van der Waals surface area contributed by atoms with E-state index in [1.807, 2.05) is 54.0 Å². The van der Waals surface area contributed by atoms with Crippen LogP contribution in [-0.2, 0) is 4.74 Å². The number of morpholine rings is 1. The van der Waals surface area contributed by atoms with Crippen molar-refractivity contribution >= 4 is 64.9 Å². The molecule has 178 valence electrons. The summed E-state index contributed by atoms with van der Waals surface area (Å²) in [5.41, 5.74) is 4.11. The largest absolute Gasteiger partial charge is 0.493 e. The van der Waals surface area contributed by atoms with Gasteiger partial charge in [0.15, 0.2) is 5.13 Å². The molecule has 0 unspecified atom stereocenters. The maximum atomic E-state index is 13.4. The molecule has 1 N–H and O–H groups in total. The van der Waals surface area contributed by atoms with Crippen LogP contribution in [0.25, 0.3) is 31.2 Å². The van der Waals surface area contributed by atoms with Gasteiger partial charge in [0.2, 0.25) is 0 Å². The molecule has 9 heteroatoms.